The van der Waals surface area contributed by atoms with E-state index in [-0.39, 0.29) is 0 Å². The Labute approximate surface area is 82.3 Å². The molecule has 2 N–H and O–H groups in total. The number of hydrogen-bond acceptors (Lipinski definition) is 3. The minimum Gasteiger partial charge on any atom is -0.480 e. The number of carbonyl (C=O) groups excluding carboxylic acids is 1. The third kappa shape index (κ3) is 2.04. The molecular formula is C9H15NO4. The Morgan fingerprint density at radius 1 is 1.43 bits per heavy atom. The normalized spacial score (nSPS) is 22.5. The van der Waals surface area contributed by atoms with Crippen LogP contribution in [0.4, 0.5) is 0 Å². The van der Waals surface area contributed by atoms with E-state index >= 15 is 0 Å². The summed E-state index contributed by atoms with van der Waals surface area (Å²) in [5.74, 6) is -1.51. The first-order chi connectivity index (χ1) is 6.34. The quantitative estimate of drug-likeness (QED) is 0.650. The van der Waals surface area contributed by atoms with Gasteiger partial charge in [0.25, 0.3) is 5.91 Å². The van der Waals surface area contributed by atoms with Gasteiger partial charge in [0.1, 0.15) is 11.6 Å². The van der Waals surface area contributed by atoms with Crippen molar-refractivity contribution in [3.05, 3.63) is 0 Å². The van der Waals surface area contributed by atoms with E-state index < -0.39 is 23.5 Å². The van der Waals surface area contributed by atoms with Gasteiger partial charge in [-0.2, -0.15) is 0 Å². The Morgan fingerprint density at radius 3 is 2.43 bits per heavy atom. The smallest absolute Gasteiger partial charge is 0.326 e. The van der Waals surface area contributed by atoms with Gasteiger partial charge in [0.2, 0.25) is 0 Å². The predicted octanol–water partition coefficient (Wildman–Crippen LogP) is -0.167. The number of aliphatic hydroxyl groups is 1. The molecule has 1 aliphatic rings. The molecule has 1 fully saturated rings. The highest BCUT2D eigenvalue weighted by molar-refractivity contribution is 5.89. The third-order valence-electron chi connectivity index (χ3n) is 2.32. The van der Waals surface area contributed by atoms with Crippen molar-refractivity contribution in [3.63, 3.8) is 0 Å². The Kier molecular flexibility index (Phi) is 2.80. The Hall–Kier alpha value is -1.10. The number of likely N-dealkylation sites (tertiary alicyclic amines) is 1. The van der Waals surface area contributed by atoms with Crippen molar-refractivity contribution >= 4 is 11.9 Å². The highest BCUT2D eigenvalue weighted by Crippen LogP contribution is 2.21. The highest BCUT2D eigenvalue weighted by atomic mass is 16.4. The van der Waals surface area contributed by atoms with Crippen LogP contribution in [0.5, 0.6) is 0 Å². The molecule has 0 bridgehead atoms. The van der Waals surface area contributed by atoms with Crippen LogP contribution < -0.4 is 0 Å². The third-order valence-corrected chi connectivity index (χ3v) is 2.32. The molecule has 0 radical (unpaired) electrons. The molecule has 1 aliphatic heterocycles. The molecule has 1 atom stereocenters. The number of aliphatic carboxylic acids is 1. The fraction of sp³-hybridized carbons (Fsp3) is 0.778. The SMILES string of the molecule is CC(C)(O)C(=O)N1CCC[C@@H]1C(=O)O. The van der Waals surface area contributed by atoms with Crippen molar-refractivity contribution in [2.45, 2.75) is 38.3 Å². The largest absolute Gasteiger partial charge is 0.480 e. The van der Waals surface area contributed by atoms with Crippen molar-refractivity contribution in [2.24, 2.45) is 0 Å². The lowest BCUT2D eigenvalue weighted by molar-refractivity contribution is -0.156. The number of amides is 1. The second-order valence-corrected chi connectivity index (χ2v) is 4.05. The van der Waals surface area contributed by atoms with Crippen molar-refractivity contribution in [3.8, 4) is 0 Å². The van der Waals surface area contributed by atoms with Gasteiger partial charge in [-0.1, -0.05) is 0 Å². The Bertz CT molecular complexity index is 256. The molecule has 0 aromatic rings. The van der Waals surface area contributed by atoms with Crippen LogP contribution >= 0.6 is 0 Å². The average Bonchev–Trinajstić information content (AvgIpc) is 2.48. The van der Waals surface area contributed by atoms with Gasteiger partial charge in [-0.3, -0.25) is 4.79 Å². The lowest BCUT2D eigenvalue weighted by atomic mass is 10.1. The van der Waals surface area contributed by atoms with Crippen LogP contribution in [0.3, 0.4) is 0 Å². The number of nitrogens with zero attached hydrogens (tertiary/aromatic N) is 1. The van der Waals surface area contributed by atoms with Gasteiger partial charge in [-0.15, -0.1) is 0 Å². The van der Waals surface area contributed by atoms with Crippen LogP contribution in [0, 0.1) is 0 Å². The summed E-state index contributed by atoms with van der Waals surface area (Å²) in [5.41, 5.74) is -1.49. The molecule has 1 heterocycles. The zero-order valence-corrected chi connectivity index (χ0v) is 8.36. The van der Waals surface area contributed by atoms with Crippen LogP contribution in [-0.2, 0) is 9.59 Å². The van der Waals surface area contributed by atoms with Crippen LogP contribution in [0.2, 0.25) is 0 Å². The zero-order chi connectivity index (χ0) is 10.9. The topological polar surface area (TPSA) is 77.8 Å². The second-order valence-electron chi connectivity index (χ2n) is 4.05. The molecule has 0 aromatic carbocycles. The first-order valence-electron chi connectivity index (χ1n) is 4.60. The van der Waals surface area contributed by atoms with Crippen LogP contribution in [0.25, 0.3) is 0 Å². The highest BCUT2D eigenvalue weighted by Gasteiger charge is 2.39. The summed E-state index contributed by atoms with van der Waals surface area (Å²) in [6, 6.07) is -0.770. The van der Waals surface area contributed by atoms with Gasteiger partial charge in [-0.25, -0.2) is 4.79 Å². The number of carbonyl (C=O) groups is 2. The van der Waals surface area contributed by atoms with Gasteiger partial charge in [0.05, 0.1) is 0 Å². The predicted molar refractivity (Wildman–Crippen MR) is 48.7 cm³/mol. The molecule has 0 saturated carbocycles. The van der Waals surface area contributed by atoms with Crippen LogP contribution in [0.15, 0.2) is 0 Å². The molecule has 5 heteroatoms. The van der Waals surface area contributed by atoms with E-state index in [1.54, 1.807) is 0 Å². The maximum absolute atomic E-state index is 11.6. The first kappa shape index (κ1) is 11.0. The van der Waals surface area contributed by atoms with Gasteiger partial charge < -0.3 is 15.1 Å². The molecule has 5 nitrogen and oxygen atoms in total. The second kappa shape index (κ2) is 3.57. The maximum atomic E-state index is 11.6. The molecule has 0 spiro atoms. The van der Waals surface area contributed by atoms with E-state index in [4.69, 9.17) is 5.11 Å². The van der Waals surface area contributed by atoms with Crippen LogP contribution in [-0.4, -0.2) is 45.2 Å². The minimum atomic E-state index is -1.49. The van der Waals surface area contributed by atoms with E-state index in [0.717, 1.165) is 0 Å². The van der Waals surface area contributed by atoms with E-state index in [0.29, 0.717) is 19.4 Å². The average molecular weight is 201 g/mol. The number of rotatable bonds is 2. The zero-order valence-electron chi connectivity index (χ0n) is 8.36. The molecule has 0 unspecified atom stereocenters. The molecule has 1 amide bonds. The van der Waals surface area contributed by atoms with Gasteiger partial charge in [0, 0.05) is 6.54 Å². The molecule has 0 aromatic heterocycles. The summed E-state index contributed by atoms with van der Waals surface area (Å²) in [5, 5.41) is 18.3. The van der Waals surface area contributed by atoms with E-state index in [9.17, 15) is 14.7 Å². The molecule has 80 valence electrons. The van der Waals surface area contributed by atoms with Gasteiger partial charge >= 0.3 is 5.97 Å². The number of carboxylic acids is 1. The maximum Gasteiger partial charge on any atom is 0.326 e. The van der Waals surface area contributed by atoms with Crippen molar-refractivity contribution < 1.29 is 19.8 Å². The van der Waals surface area contributed by atoms with Crippen molar-refractivity contribution in [1.82, 2.24) is 4.90 Å². The standard InChI is InChI=1S/C9H15NO4/c1-9(2,14)8(13)10-5-3-4-6(10)7(11)12/h6,14H,3-5H2,1-2H3,(H,11,12)/t6-/m1/s1. The first-order valence-corrected chi connectivity index (χ1v) is 4.60. The Morgan fingerprint density at radius 2 is 2.00 bits per heavy atom. The van der Waals surface area contributed by atoms with E-state index in [1.165, 1.54) is 18.7 Å². The summed E-state index contributed by atoms with van der Waals surface area (Å²) in [6.45, 7) is 3.15. The number of hydrogen-bond donors (Lipinski definition) is 2. The molecule has 14 heavy (non-hydrogen) atoms. The Balaban J connectivity index is 2.77. The van der Waals surface area contributed by atoms with E-state index in [2.05, 4.69) is 0 Å². The van der Waals surface area contributed by atoms with Gasteiger partial charge in [-0.05, 0) is 26.7 Å². The summed E-state index contributed by atoms with van der Waals surface area (Å²) in [4.78, 5) is 23.6. The monoisotopic (exact) mass is 201 g/mol. The summed E-state index contributed by atoms with van der Waals surface area (Å²) in [6.07, 6.45) is 1.15. The fourth-order valence-corrected chi connectivity index (χ4v) is 1.62. The fourth-order valence-electron chi connectivity index (χ4n) is 1.62. The summed E-state index contributed by atoms with van der Waals surface area (Å²) >= 11 is 0. The number of carboxylic acid groups (broad SMARTS) is 1. The molecule has 0 aliphatic carbocycles. The van der Waals surface area contributed by atoms with Gasteiger partial charge in [0.15, 0.2) is 0 Å². The lowest BCUT2D eigenvalue weighted by Crippen LogP contribution is -2.49. The molecule has 1 rings (SSSR count). The van der Waals surface area contributed by atoms with Crippen molar-refractivity contribution in [1.29, 1.82) is 0 Å². The lowest BCUT2D eigenvalue weighted by Gasteiger charge is -2.27. The summed E-state index contributed by atoms with van der Waals surface area (Å²) in [7, 11) is 0. The summed E-state index contributed by atoms with van der Waals surface area (Å²) < 4.78 is 0. The van der Waals surface area contributed by atoms with E-state index in [1.807, 2.05) is 0 Å². The minimum absolute atomic E-state index is 0.416. The van der Waals surface area contributed by atoms with Crippen LogP contribution in [0.1, 0.15) is 26.7 Å². The van der Waals surface area contributed by atoms with Crippen molar-refractivity contribution in [2.75, 3.05) is 6.54 Å². The molecule has 1 saturated heterocycles. The molecular weight excluding hydrogens is 186 g/mol.